The summed E-state index contributed by atoms with van der Waals surface area (Å²) in [6.07, 6.45) is 52.9. The summed E-state index contributed by atoms with van der Waals surface area (Å²) in [5, 5.41) is 9.56. The molecule has 0 rings (SSSR count). The Morgan fingerprint density at radius 2 is 0.820 bits per heavy atom. The van der Waals surface area contributed by atoms with E-state index in [9.17, 15) is 14.7 Å². The summed E-state index contributed by atoms with van der Waals surface area (Å²) >= 11 is 0. The van der Waals surface area contributed by atoms with Crippen molar-refractivity contribution in [3.8, 4) is 0 Å². The number of aliphatic hydroxyl groups is 1. The zero-order chi connectivity index (χ0) is 36.4. The zero-order valence-corrected chi connectivity index (χ0v) is 32.6. The van der Waals surface area contributed by atoms with Crippen molar-refractivity contribution in [1.29, 1.82) is 0 Å². The normalized spacial score (nSPS) is 12.8. The molecule has 5 heteroatoms. The summed E-state index contributed by atoms with van der Waals surface area (Å²) in [5.74, 6) is -0.658. The van der Waals surface area contributed by atoms with Gasteiger partial charge in [0.15, 0.2) is 6.10 Å². The van der Waals surface area contributed by atoms with Gasteiger partial charge in [-0.15, -0.1) is 0 Å². The van der Waals surface area contributed by atoms with Gasteiger partial charge in [-0.25, -0.2) is 0 Å². The number of ether oxygens (including phenoxy) is 2. The van der Waals surface area contributed by atoms with E-state index < -0.39 is 6.10 Å². The molecule has 0 spiro atoms. The summed E-state index contributed by atoms with van der Waals surface area (Å²) in [4.78, 5) is 24.3. The second-order valence-corrected chi connectivity index (χ2v) is 13.7. The zero-order valence-electron chi connectivity index (χ0n) is 32.6. The van der Waals surface area contributed by atoms with Gasteiger partial charge in [-0.05, 0) is 77.0 Å². The Balaban J connectivity index is 3.64. The lowest BCUT2D eigenvalue weighted by molar-refractivity contribution is -0.161. The van der Waals surface area contributed by atoms with Crippen LogP contribution in [0.25, 0.3) is 0 Å². The van der Waals surface area contributed by atoms with Gasteiger partial charge in [0.1, 0.15) is 6.61 Å². The first-order valence-electron chi connectivity index (χ1n) is 20.8. The van der Waals surface area contributed by atoms with Crippen LogP contribution in [-0.4, -0.2) is 36.4 Å². The second kappa shape index (κ2) is 41.0. The lowest BCUT2D eigenvalue weighted by atomic mass is 10.1. The number of rotatable bonds is 37. The van der Waals surface area contributed by atoms with E-state index in [-0.39, 0.29) is 25.2 Å². The van der Waals surface area contributed by atoms with Crippen LogP contribution in [0.2, 0.25) is 0 Å². The predicted octanol–water partition coefficient (Wildman–Crippen LogP) is 13.2. The number of aliphatic hydroxyl groups excluding tert-OH is 1. The van der Waals surface area contributed by atoms with Crippen LogP contribution in [0.3, 0.4) is 0 Å². The van der Waals surface area contributed by atoms with Crippen molar-refractivity contribution in [2.45, 2.75) is 200 Å². The Bertz CT molecular complexity index is 884. The first-order valence-corrected chi connectivity index (χ1v) is 20.8. The van der Waals surface area contributed by atoms with Crippen LogP contribution in [0.5, 0.6) is 0 Å². The van der Waals surface area contributed by atoms with Gasteiger partial charge in [0.05, 0.1) is 6.61 Å². The molecule has 0 aromatic heterocycles. The average Bonchev–Trinajstić information content (AvgIpc) is 3.12. The molecular weight excluding hydrogens is 620 g/mol. The molecule has 1 atom stereocenters. The first kappa shape index (κ1) is 47.6. The van der Waals surface area contributed by atoms with E-state index in [4.69, 9.17) is 9.47 Å². The molecule has 0 aromatic rings. The van der Waals surface area contributed by atoms with Crippen molar-refractivity contribution in [3.63, 3.8) is 0 Å². The highest BCUT2D eigenvalue weighted by molar-refractivity contribution is 5.70. The minimum absolute atomic E-state index is 0.0953. The van der Waals surface area contributed by atoms with Crippen LogP contribution in [0, 0.1) is 0 Å². The van der Waals surface area contributed by atoms with Gasteiger partial charge in [-0.1, -0.05) is 164 Å². The number of allylic oxidation sites excluding steroid dienone is 10. The third-order valence-corrected chi connectivity index (χ3v) is 8.78. The van der Waals surface area contributed by atoms with Gasteiger partial charge in [-0.2, -0.15) is 0 Å². The average molecular weight is 699 g/mol. The van der Waals surface area contributed by atoms with Gasteiger partial charge < -0.3 is 14.6 Å². The van der Waals surface area contributed by atoms with Crippen LogP contribution in [0.1, 0.15) is 194 Å². The van der Waals surface area contributed by atoms with E-state index in [0.717, 1.165) is 44.9 Å². The van der Waals surface area contributed by atoms with Crippen LogP contribution in [-0.2, 0) is 19.1 Å². The van der Waals surface area contributed by atoms with Crippen molar-refractivity contribution in [3.05, 3.63) is 60.8 Å². The molecule has 0 amide bonds. The molecule has 50 heavy (non-hydrogen) atoms. The molecule has 0 aromatic carbocycles. The molecule has 0 fully saturated rings. The number of unbranched alkanes of at least 4 members (excludes halogenated alkanes) is 19. The van der Waals surface area contributed by atoms with E-state index in [1.165, 1.54) is 116 Å². The third-order valence-electron chi connectivity index (χ3n) is 8.78. The minimum Gasteiger partial charge on any atom is -0.462 e. The molecule has 0 saturated carbocycles. The number of carbonyl (C=O) groups excluding carboxylic acids is 2. The van der Waals surface area contributed by atoms with E-state index >= 15 is 0 Å². The van der Waals surface area contributed by atoms with Gasteiger partial charge in [-0.3, -0.25) is 9.59 Å². The monoisotopic (exact) mass is 699 g/mol. The standard InChI is InChI=1S/C45H78O5/c1-3-5-7-9-11-13-15-17-19-21-22-24-26-28-30-32-34-36-38-40-45(48)50-43(41-46)42-49-44(47)39-37-35-33-31-29-27-25-23-20-18-16-14-12-10-8-6-4-2/h11,13,17-20,25,27,31,33,43,46H,3-10,12,14-16,21-24,26,28-30,32,34-42H2,1-2H3/t43-/m0/s1. The third kappa shape index (κ3) is 38.4. The molecule has 0 bridgehead atoms. The fourth-order valence-corrected chi connectivity index (χ4v) is 5.60. The highest BCUT2D eigenvalue weighted by atomic mass is 16.6. The second-order valence-electron chi connectivity index (χ2n) is 13.7. The Hall–Kier alpha value is -2.40. The van der Waals surface area contributed by atoms with Crippen LogP contribution in [0.15, 0.2) is 60.8 Å². The highest BCUT2D eigenvalue weighted by Crippen LogP contribution is 2.13. The van der Waals surface area contributed by atoms with Crippen LogP contribution >= 0.6 is 0 Å². The van der Waals surface area contributed by atoms with E-state index in [2.05, 4.69) is 74.6 Å². The SMILES string of the molecule is CCCCCC=CCC=CCCCCCCCCCCCC(=O)O[C@@H](CO)COC(=O)CCCC=CCC=CCC=CCCCCCCCC. The molecule has 0 radical (unpaired) electrons. The van der Waals surface area contributed by atoms with Crippen molar-refractivity contribution in [2.75, 3.05) is 13.2 Å². The van der Waals surface area contributed by atoms with E-state index in [1.807, 2.05) is 0 Å². The molecule has 0 aliphatic heterocycles. The minimum atomic E-state index is -0.795. The maximum absolute atomic E-state index is 12.2. The maximum Gasteiger partial charge on any atom is 0.306 e. The summed E-state index contributed by atoms with van der Waals surface area (Å²) in [5.41, 5.74) is 0. The van der Waals surface area contributed by atoms with Crippen molar-refractivity contribution < 1.29 is 24.2 Å². The number of esters is 2. The summed E-state index contributed by atoms with van der Waals surface area (Å²) in [7, 11) is 0. The Morgan fingerprint density at radius 3 is 1.30 bits per heavy atom. The number of hydrogen-bond acceptors (Lipinski definition) is 5. The summed E-state index contributed by atoms with van der Waals surface area (Å²) in [6, 6.07) is 0. The Morgan fingerprint density at radius 1 is 0.460 bits per heavy atom. The van der Waals surface area contributed by atoms with Crippen molar-refractivity contribution >= 4 is 11.9 Å². The van der Waals surface area contributed by atoms with Gasteiger partial charge in [0.2, 0.25) is 0 Å². The van der Waals surface area contributed by atoms with E-state index in [1.54, 1.807) is 0 Å². The van der Waals surface area contributed by atoms with Gasteiger partial charge in [0.25, 0.3) is 0 Å². The molecule has 288 valence electrons. The molecule has 0 aliphatic rings. The van der Waals surface area contributed by atoms with Crippen molar-refractivity contribution in [1.82, 2.24) is 0 Å². The Labute approximate surface area is 309 Å². The van der Waals surface area contributed by atoms with Gasteiger partial charge >= 0.3 is 11.9 Å². The molecule has 0 aliphatic carbocycles. The Kier molecular flexibility index (Phi) is 39.1. The quantitative estimate of drug-likeness (QED) is 0.0397. The topological polar surface area (TPSA) is 72.8 Å². The lowest BCUT2D eigenvalue weighted by Gasteiger charge is -2.15. The number of hydrogen-bond donors (Lipinski definition) is 1. The smallest absolute Gasteiger partial charge is 0.306 e. The largest absolute Gasteiger partial charge is 0.462 e. The van der Waals surface area contributed by atoms with Gasteiger partial charge in [0, 0.05) is 12.8 Å². The van der Waals surface area contributed by atoms with Crippen LogP contribution < -0.4 is 0 Å². The lowest BCUT2D eigenvalue weighted by Crippen LogP contribution is -2.28. The molecule has 0 saturated heterocycles. The molecule has 5 nitrogen and oxygen atoms in total. The molecule has 1 N–H and O–H groups in total. The molecular formula is C45H78O5. The molecule has 0 heterocycles. The predicted molar refractivity (Wildman–Crippen MR) is 214 cm³/mol. The maximum atomic E-state index is 12.2. The highest BCUT2D eigenvalue weighted by Gasteiger charge is 2.16. The fourth-order valence-electron chi connectivity index (χ4n) is 5.60. The summed E-state index contributed by atoms with van der Waals surface area (Å²) in [6.45, 7) is 4.06. The number of carbonyl (C=O) groups is 2. The van der Waals surface area contributed by atoms with Crippen molar-refractivity contribution in [2.24, 2.45) is 0 Å². The first-order chi connectivity index (χ1) is 24.6. The van der Waals surface area contributed by atoms with E-state index in [0.29, 0.717) is 19.3 Å². The fraction of sp³-hybridized carbons (Fsp3) is 0.733. The van der Waals surface area contributed by atoms with Crippen LogP contribution in [0.4, 0.5) is 0 Å². The summed E-state index contributed by atoms with van der Waals surface area (Å²) < 4.78 is 10.6. The molecule has 0 unspecified atom stereocenters.